The maximum Gasteiger partial charge on any atom is 0.469 e. The number of dihydropyridines is 1. The molecule has 0 aromatic carbocycles. The highest BCUT2D eigenvalue weighted by Crippen LogP contribution is 2.38. The van der Waals surface area contributed by atoms with Crippen molar-refractivity contribution in [2.24, 2.45) is 10.9 Å². The number of carbonyl (C=O) groups is 1. The minimum absolute atomic E-state index is 0.0409. The molecule has 0 saturated heterocycles. The summed E-state index contributed by atoms with van der Waals surface area (Å²) in [5, 5.41) is 21.8. The van der Waals surface area contributed by atoms with Crippen LogP contribution in [-0.4, -0.2) is 44.5 Å². The van der Waals surface area contributed by atoms with E-state index < -0.39 is 32.5 Å². The van der Waals surface area contributed by atoms with Gasteiger partial charge >= 0.3 is 13.8 Å². The molecule has 11 heteroatoms. The number of nitrogens with zero attached hydrogens (tertiary/aromatic N) is 1. The topological polar surface area (TPSA) is 149 Å². The lowest BCUT2D eigenvalue weighted by atomic mass is 10.0. The first-order valence-corrected chi connectivity index (χ1v) is 8.81. The second-order valence-corrected chi connectivity index (χ2v) is 6.90. The fraction of sp³-hybridized carbons (Fsp3) is 0.429. The number of phosphoric ester groups is 1. The molecule has 1 fully saturated rings. The SMILES string of the molecule is CC1=C(O)/C(=C\N=C2C[C@@H](C(=O)O)C[C@@H]2F)C(COP(=O)(O)O)=CN1. The average molecular weight is 376 g/mol. The summed E-state index contributed by atoms with van der Waals surface area (Å²) < 4.78 is 29.1. The van der Waals surface area contributed by atoms with Gasteiger partial charge in [0.2, 0.25) is 0 Å². The fourth-order valence-electron chi connectivity index (χ4n) is 2.43. The summed E-state index contributed by atoms with van der Waals surface area (Å²) in [6, 6.07) is 0. The molecular formula is C14H18FN2O7P. The molecular weight excluding hydrogens is 358 g/mol. The van der Waals surface area contributed by atoms with Crippen LogP contribution in [-0.2, 0) is 13.9 Å². The normalized spacial score (nSPS) is 27.6. The number of hydrogen-bond acceptors (Lipinski definition) is 6. The molecule has 0 radical (unpaired) electrons. The van der Waals surface area contributed by atoms with Crippen molar-refractivity contribution in [1.82, 2.24) is 5.32 Å². The molecule has 1 aliphatic heterocycles. The van der Waals surface area contributed by atoms with E-state index in [1.165, 1.54) is 6.20 Å². The number of rotatable bonds is 5. The van der Waals surface area contributed by atoms with Crippen LogP contribution >= 0.6 is 7.82 Å². The summed E-state index contributed by atoms with van der Waals surface area (Å²) in [5.74, 6) is -2.19. The molecule has 0 amide bonds. The zero-order valence-corrected chi connectivity index (χ0v) is 14.1. The molecule has 2 rings (SSSR count). The van der Waals surface area contributed by atoms with Crippen LogP contribution in [0, 0.1) is 5.92 Å². The van der Waals surface area contributed by atoms with Crippen LogP contribution in [0.2, 0.25) is 0 Å². The van der Waals surface area contributed by atoms with Gasteiger partial charge in [-0.25, -0.2) is 8.96 Å². The summed E-state index contributed by atoms with van der Waals surface area (Å²) in [5.41, 5.74) is 0.694. The van der Waals surface area contributed by atoms with E-state index in [4.69, 9.17) is 14.9 Å². The number of aliphatic imine (C=N–C) groups is 1. The first-order valence-electron chi connectivity index (χ1n) is 7.28. The van der Waals surface area contributed by atoms with E-state index in [9.17, 15) is 18.9 Å². The predicted molar refractivity (Wildman–Crippen MR) is 85.3 cm³/mol. The Kier molecular flexibility index (Phi) is 5.79. The van der Waals surface area contributed by atoms with Crippen LogP contribution < -0.4 is 5.32 Å². The Labute approximate surface area is 142 Å². The lowest BCUT2D eigenvalue weighted by molar-refractivity contribution is -0.141. The quantitative estimate of drug-likeness (QED) is 0.454. The molecule has 0 bridgehead atoms. The first kappa shape index (κ1) is 19.3. The lowest BCUT2D eigenvalue weighted by Crippen LogP contribution is -2.17. The van der Waals surface area contributed by atoms with E-state index in [0.717, 1.165) is 6.20 Å². The Balaban J connectivity index is 2.25. The van der Waals surface area contributed by atoms with Gasteiger partial charge in [-0.3, -0.25) is 14.3 Å². The van der Waals surface area contributed by atoms with Crippen LogP contribution in [0.15, 0.2) is 40.0 Å². The monoisotopic (exact) mass is 376 g/mol. The fourth-order valence-corrected chi connectivity index (χ4v) is 2.74. The van der Waals surface area contributed by atoms with Crippen molar-refractivity contribution in [1.29, 1.82) is 0 Å². The number of hydrogen-bond donors (Lipinski definition) is 5. The zero-order chi connectivity index (χ0) is 18.8. The van der Waals surface area contributed by atoms with Crippen molar-refractivity contribution in [3.05, 3.63) is 35.0 Å². The molecule has 2 aliphatic rings. The van der Waals surface area contributed by atoms with E-state index in [2.05, 4.69) is 14.8 Å². The Hall–Kier alpha value is -2.00. The van der Waals surface area contributed by atoms with E-state index in [1.54, 1.807) is 6.92 Å². The van der Waals surface area contributed by atoms with Gasteiger partial charge in [0.05, 0.1) is 23.9 Å². The third kappa shape index (κ3) is 4.99. The van der Waals surface area contributed by atoms with Crippen molar-refractivity contribution < 1.29 is 38.3 Å². The molecule has 0 unspecified atom stereocenters. The highest BCUT2D eigenvalue weighted by molar-refractivity contribution is 7.46. The number of phosphoric acid groups is 1. The molecule has 1 heterocycles. The largest absolute Gasteiger partial charge is 0.505 e. The van der Waals surface area contributed by atoms with Crippen LogP contribution in [0.1, 0.15) is 19.8 Å². The second kappa shape index (κ2) is 7.49. The third-order valence-corrected chi connectivity index (χ3v) is 4.29. The van der Waals surface area contributed by atoms with Crippen LogP contribution in [0.25, 0.3) is 0 Å². The minimum Gasteiger partial charge on any atom is -0.505 e. The minimum atomic E-state index is -4.72. The summed E-state index contributed by atoms with van der Waals surface area (Å²) in [6.45, 7) is 1.05. The third-order valence-electron chi connectivity index (χ3n) is 3.82. The molecule has 2 atom stereocenters. The van der Waals surface area contributed by atoms with Gasteiger partial charge < -0.3 is 25.3 Å². The number of nitrogens with one attached hydrogen (secondary N) is 1. The van der Waals surface area contributed by atoms with Gasteiger partial charge in [0.15, 0.2) is 0 Å². The van der Waals surface area contributed by atoms with Gasteiger partial charge in [-0.2, -0.15) is 0 Å². The van der Waals surface area contributed by atoms with Gasteiger partial charge in [0.25, 0.3) is 0 Å². The van der Waals surface area contributed by atoms with Crippen molar-refractivity contribution in [2.75, 3.05) is 6.61 Å². The first-order chi connectivity index (χ1) is 11.6. The van der Waals surface area contributed by atoms with Crippen LogP contribution in [0.3, 0.4) is 0 Å². The lowest BCUT2D eigenvalue weighted by Gasteiger charge is -2.19. The standard InChI is InChI=1S/C14H18FN2O7P/c1-7-13(18)10(9(4-16-7)6-24-25(21,22)23)5-17-12-3-8(14(19)20)2-11(12)15/h4-5,8,11,16,18H,2-3,6H2,1H3,(H,19,20)(H2,21,22,23)/b10-5-,17-12?/t8-,11-/m0/s1. The highest BCUT2D eigenvalue weighted by atomic mass is 31.2. The number of carboxylic acids is 1. The van der Waals surface area contributed by atoms with Gasteiger partial charge in [-0.15, -0.1) is 0 Å². The van der Waals surface area contributed by atoms with Crippen molar-refractivity contribution >= 4 is 19.5 Å². The van der Waals surface area contributed by atoms with Crippen molar-refractivity contribution in [3.8, 4) is 0 Å². The van der Waals surface area contributed by atoms with Crippen LogP contribution in [0.5, 0.6) is 0 Å². The summed E-state index contributed by atoms with van der Waals surface area (Å²) >= 11 is 0. The van der Waals surface area contributed by atoms with Gasteiger partial charge in [0, 0.05) is 30.0 Å². The maximum absolute atomic E-state index is 13.9. The number of carboxylic acid groups (broad SMARTS) is 1. The number of aliphatic hydroxyl groups excluding tert-OH is 1. The van der Waals surface area contributed by atoms with Gasteiger partial charge in [-0.05, 0) is 13.3 Å². The Morgan fingerprint density at radius 1 is 1.56 bits per heavy atom. The molecule has 1 aliphatic carbocycles. The summed E-state index contributed by atoms with van der Waals surface area (Å²) in [7, 11) is -4.72. The van der Waals surface area contributed by atoms with E-state index >= 15 is 0 Å². The molecule has 5 N–H and O–H groups in total. The number of alkyl halides is 1. The number of allylic oxidation sites excluding steroid dienone is 2. The Morgan fingerprint density at radius 2 is 2.24 bits per heavy atom. The average Bonchev–Trinajstić information content (AvgIpc) is 2.88. The van der Waals surface area contributed by atoms with E-state index in [1.807, 2.05) is 0 Å². The maximum atomic E-state index is 13.9. The van der Waals surface area contributed by atoms with Gasteiger partial charge in [0.1, 0.15) is 11.9 Å². The Morgan fingerprint density at radius 3 is 2.80 bits per heavy atom. The summed E-state index contributed by atoms with van der Waals surface area (Å²) in [6.07, 6.45) is 0.814. The van der Waals surface area contributed by atoms with E-state index in [-0.39, 0.29) is 35.5 Å². The Bertz CT molecular complexity index is 737. The molecule has 0 aromatic rings. The zero-order valence-electron chi connectivity index (χ0n) is 13.2. The van der Waals surface area contributed by atoms with Crippen LogP contribution in [0.4, 0.5) is 4.39 Å². The molecule has 138 valence electrons. The smallest absolute Gasteiger partial charge is 0.469 e. The molecule has 9 nitrogen and oxygen atoms in total. The number of halogens is 1. The highest BCUT2D eigenvalue weighted by Gasteiger charge is 2.35. The molecule has 1 saturated carbocycles. The number of aliphatic carboxylic acids is 1. The molecule has 0 aromatic heterocycles. The van der Waals surface area contributed by atoms with Crippen molar-refractivity contribution in [3.63, 3.8) is 0 Å². The predicted octanol–water partition coefficient (Wildman–Crippen LogP) is 1.53. The summed E-state index contributed by atoms with van der Waals surface area (Å²) in [4.78, 5) is 32.4. The van der Waals surface area contributed by atoms with Gasteiger partial charge in [-0.1, -0.05) is 0 Å². The molecule has 0 spiro atoms. The molecule has 25 heavy (non-hydrogen) atoms. The van der Waals surface area contributed by atoms with Crippen molar-refractivity contribution in [2.45, 2.75) is 25.9 Å². The number of aliphatic hydroxyl groups is 1. The second-order valence-electron chi connectivity index (χ2n) is 5.66. The van der Waals surface area contributed by atoms with E-state index in [0.29, 0.717) is 5.70 Å².